The highest BCUT2D eigenvalue weighted by Crippen LogP contribution is 2.15. The highest BCUT2D eigenvalue weighted by Gasteiger charge is 2.20. The third-order valence-corrected chi connectivity index (χ3v) is 4.14. The fraction of sp³-hybridized carbons (Fsp3) is 0.200. The van der Waals surface area contributed by atoms with Crippen molar-refractivity contribution in [3.63, 3.8) is 0 Å². The maximum absolute atomic E-state index is 13.1. The molecule has 0 fully saturated rings. The summed E-state index contributed by atoms with van der Waals surface area (Å²) in [4.78, 5) is 47.5. The molecule has 2 aromatic carbocycles. The van der Waals surface area contributed by atoms with Crippen LogP contribution >= 0.6 is 11.6 Å². The summed E-state index contributed by atoms with van der Waals surface area (Å²) in [5, 5.41) is 7.07. The summed E-state index contributed by atoms with van der Waals surface area (Å²) in [6, 6.07) is 7.97. The number of amides is 3. The number of ether oxygens (including phenoxy) is 1. The first-order valence-corrected chi connectivity index (χ1v) is 9.28. The number of hydrogen-bond donors (Lipinski definition) is 3. The SMILES string of the molecule is C[C@H](NC(=O)c1ccccc1Cl)C(=O)OCC(=O)NCC(=O)Nc1ccc(F)c(F)c1. The predicted octanol–water partition coefficient (Wildman–Crippen LogP) is 2.03. The molecule has 0 heterocycles. The van der Waals surface area contributed by atoms with Crippen molar-refractivity contribution >= 4 is 41.0 Å². The molecule has 1 atom stereocenters. The molecule has 0 unspecified atom stereocenters. The Kier molecular flexibility index (Phi) is 8.44. The Morgan fingerprint density at radius 3 is 2.42 bits per heavy atom. The van der Waals surface area contributed by atoms with E-state index < -0.39 is 54.5 Å². The molecule has 0 saturated carbocycles. The summed E-state index contributed by atoms with van der Waals surface area (Å²) >= 11 is 5.91. The molecule has 0 aliphatic heterocycles. The molecule has 3 N–H and O–H groups in total. The summed E-state index contributed by atoms with van der Waals surface area (Å²) in [6.07, 6.45) is 0. The standard InChI is InChI=1S/C20H18ClF2N3O5/c1-11(25-19(29)13-4-2-3-5-14(13)21)20(30)31-10-18(28)24-9-17(27)26-12-6-7-15(22)16(23)8-12/h2-8,11H,9-10H2,1H3,(H,24,28)(H,25,29)(H,26,27)/t11-/m0/s1. The zero-order valence-corrected chi connectivity index (χ0v) is 17.0. The fourth-order valence-electron chi connectivity index (χ4n) is 2.25. The molecular formula is C20H18ClF2N3O5. The quantitative estimate of drug-likeness (QED) is 0.529. The third kappa shape index (κ3) is 7.34. The number of benzene rings is 2. The second-order valence-electron chi connectivity index (χ2n) is 6.24. The van der Waals surface area contributed by atoms with E-state index >= 15 is 0 Å². The van der Waals surface area contributed by atoms with E-state index in [1.165, 1.54) is 19.1 Å². The molecule has 2 rings (SSSR count). The van der Waals surface area contributed by atoms with Crippen molar-refractivity contribution in [1.82, 2.24) is 10.6 Å². The van der Waals surface area contributed by atoms with Gasteiger partial charge in [0.05, 0.1) is 17.1 Å². The summed E-state index contributed by atoms with van der Waals surface area (Å²) in [6.45, 7) is 0.183. The second-order valence-corrected chi connectivity index (χ2v) is 6.64. The minimum absolute atomic E-state index is 0.00709. The van der Waals surface area contributed by atoms with Crippen molar-refractivity contribution < 1.29 is 32.7 Å². The minimum Gasteiger partial charge on any atom is -0.454 e. The molecular weight excluding hydrogens is 436 g/mol. The normalized spacial score (nSPS) is 11.2. The lowest BCUT2D eigenvalue weighted by atomic mass is 10.2. The van der Waals surface area contributed by atoms with Crippen molar-refractivity contribution in [1.29, 1.82) is 0 Å². The average Bonchev–Trinajstić information content (AvgIpc) is 2.73. The van der Waals surface area contributed by atoms with E-state index in [9.17, 15) is 28.0 Å². The van der Waals surface area contributed by atoms with Crippen LogP contribution < -0.4 is 16.0 Å². The van der Waals surface area contributed by atoms with E-state index in [1.54, 1.807) is 12.1 Å². The first-order valence-electron chi connectivity index (χ1n) is 8.91. The van der Waals surface area contributed by atoms with Crippen LogP contribution in [0.5, 0.6) is 0 Å². The summed E-state index contributed by atoms with van der Waals surface area (Å²) in [5.41, 5.74) is 0.182. The molecule has 0 aliphatic rings. The van der Waals surface area contributed by atoms with Gasteiger partial charge in [-0.05, 0) is 31.2 Å². The van der Waals surface area contributed by atoms with Crippen LogP contribution in [0.15, 0.2) is 42.5 Å². The Morgan fingerprint density at radius 1 is 1.03 bits per heavy atom. The van der Waals surface area contributed by atoms with E-state index in [-0.39, 0.29) is 16.3 Å². The fourth-order valence-corrected chi connectivity index (χ4v) is 2.47. The maximum Gasteiger partial charge on any atom is 0.328 e. The van der Waals surface area contributed by atoms with Gasteiger partial charge in [0.25, 0.3) is 11.8 Å². The van der Waals surface area contributed by atoms with Gasteiger partial charge in [0.1, 0.15) is 6.04 Å². The van der Waals surface area contributed by atoms with Gasteiger partial charge in [0.15, 0.2) is 18.2 Å². The monoisotopic (exact) mass is 453 g/mol. The van der Waals surface area contributed by atoms with E-state index in [1.807, 2.05) is 0 Å². The van der Waals surface area contributed by atoms with Gasteiger partial charge in [-0.3, -0.25) is 14.4 Å². The van der Waals surface area contributed by atoms with Crippen LogP contribution in [0.1, 0.15) is 17.3 Å². The molecule has 11 heteroatoms. The molecule has 0 aromatic heterocycles. The first kappa shape index (κ1) is 23.7. The van der Waals surface area contributed by atoms with Crippen LogP contribution in [0.4, 0.5) is 14.5 Å². The van der Waals surface area contributed by atoms with Crippen molar-refractivity contribution in [2.75, 3.05) is 18.5 Å². The molecule has 2 aromatic rings. The summed E-state index contributed by atoms with van der Waals surface area (Å²) in [7, 11) is 0. The lowest BCUT2D eigenvalue weighted by Crippen LogP contribution is -2.41. The highest BCUT2D eigenvalue weighted by molar-refractivity contribution is 6.33. The third-order valence-electron chi connectivity index (χ3n) is 3.81. The Bertz CT molecular complexity index is 1000. The van der Waals surface area contributed by atoms with Gasteiger partial charge in [0.2, 0.25) is 5.91 Å². The Balaban J connectivity index is 1.72. The van der Waals surface area contributed by atoms with Crippen molar-refractivity contribution in [3.8, 4) is 0 Å². The molecule has 0 spiro atoms. The van der Waals surface area contributed by atoms with Crippen LogP contribution in [-0.2, 0) is 19.1 Å². The molecule has 8 nitrogen and oxygen atoms in total. The maximum atomic E-state index is 13.1. The van der Waals surface area contributed by atoms with Crippen LogP contribution in [0.25, 0.3) is 0 Å². The Labute approximate surface area is 180 Å². The molecule has 31 heavy (non-hydrogen) atoms. The highest BCUT2D eigenvalue weighted by atomic mass is 35.5. The van der Waals surface area contributed by atoms with Gasteiger partial charge in [-0.2, -0.15) is 0 Å². The number of anilines is 1. The number of rotatable bonds is 8. The molecule has 0 radical (unpaired) electrons. The van der Waals surface area contributed by atoms with Gasteiger partial charge in [-0.1, -0.05) is 23.7 Å². The smallest absolute Gasteiger partial charge is 0.328 e. The minimum atomic E-state index is -1.13. The summed E-state index contributed by atoms with van der Waals surface area (Å²) in [5.74, 6) is -5.14. The Morgan fingerprint density at radius 2 is 1.74 bits per heavy atom. The lowest BCUT2D eigenvalue weighted by Gasteiger charge is -2.14. The van der Waals surface area contributed by atoms with E-state index in [4.69, 9.17) is 16.3 Å². The number of halogens is 3. The van der Waals surface area contributed by atoms with Crippen LogP contribution in [0, 0.1) is 11.6 Å². The number of esters is 1. The van der Waals surface area contributed by atoms with Gasteiger partial charge in [-0.25, -0.2) is 13.6 Å². The van der Waals surface area contributed by atoms with Gasteiger partial charge in [-0.15, -0.1) is 0 Å². The lowest BCUT2D eigenvalue weighted by molar-refractivity contribution is -0.150. The predicted molar refractivity (Wildman–Crippen MR) is 107 cm³/mol. The van der Waals surface area contributed by atoms with Crippen molar-refractivity contribution in [2.45, 2.75) is 13.0 Å². The Hall–Kier alpha value is -3.53. The van der Waals surface area contributed by atoms with Crippen LogP contribution in [0.2, 0.25) is 5.02 Å². The second kappa shape index (κ2) is 11.0. The topological polar surface area (TPSA) is 114 Å². The largest absolute Gasteiger partial charge is 0.454 e. The molecule has 164 valence electrons. The summed E-state index contributed by atoms with van der Waals surface area (Å²) < 4.78 is 30.7. The number of nitrogens with one attached hydrogen (secondary N) is 3. The molecule has 0 saturated heterocycles. The van der Waals surface area contributed by atoms with E-state index in [0.29, 0.717) is 0 Å². The molecule has 0 bridgehead atoms. The van der Waals surface area contributed by atoms with E-state index in [2.05, 4.69) is 16.0 Å². The van der Waals surface area contributed by atoms with Gasteiger partial charge < -0.3 is 20.7 Å². The molecule has 0 aliphatic carbocycles. The number of carbonyl (C=O) groups is 4. The zero-order valence-electron chi connectivity index (χ0n) is 16.2. The average molecular weight is 454 g/mol. The number of carbonyl (C=O) groups excluding carboxylic acids is 4. The van der Waals surface area contributed by atoms with Gasteiger partial charge >= 0.3 is 5.97 Å². The van der Waals surface area contributed by atoms with Crippen molar-refractivity contribution in [3.05, 3.63) is 64.7 Å². The zero-order chi connectivity index (χ0) is 23.0. The number of hydrogen-bond acceptors (Lipinski definition) is 5. The van der Waals surface area contributed by atoms with E-state index in [0.717, 1.165) is 18.2 Å². The first-order chi connectivity index (χ1) is 14.7. The van der Waals surface area contributed by atoms with Gasteiger partial charge in [0, 0.05) is 11.8 Å². The molecule has 3 amide bonds. The van der Waals surface area contributed by atoms with Crippen LogP contribution in [0.3, 0.4) is 0 Å². The van der Waals surface area contributed by atoms with Crippen LogP contribution in [-0.4, -0.2) is 42.9 Å². The van der Waals surface area contributed by atoms with Crippen molar-refractivity contribution in [2.24, 2.45) is 0 Å².